The highest BCUT2D eigenvalue weighted by atomic mass is 19.1. The highest BCUT2D eigenvalue weighted by Crippen LogP contribution is 2.32. The van der Waals surface area contributed by atoms with E-state index in [1.807, 2.05) is 48.7 Å². The van der Waals surface area contributed by atoms with Crippen molar-refractivity contribution in [3.63, 3.8) is 0 Å². The molecule has 1 aromatic heterocycles. The van der Waals surface area contributed by atoms with Gasteiger partial charge in [-0.25, -0.2) is 9.18 Å². The molecule has 1 heterocycles. The van der Waals surface area contributed by atoms with Crippen molar-refractivity contribution in [2.24, 2.45) is 0 Å². The summed E-state index contributed by atoms with van der Waals surface area (Å²) in [6.45, 7) is 0.645. The Kier molecular flexibility index (Phi) is 5.85. The van der Waals surface area contributed by atoms with E-state index in [2.05, 4.69) is 15.2 Å². The van der Waals surface area contributed by atoms with Gasteiger partial charge in [-0.3, -0.25) is 0 Å². The van der Waals surface area contributed by atoms with Gasteiger partial charge in [0.2, 0.25) is 0 Å². The predicted molar refractivity (Wildman–Crippen MR) is 124 cm³/mol. The normalized spacial score (nSPS) is 10.7. The van der Waals surface area contributed by atoms with Crippen LogP contribution in [0.2, 0.25) is 0 Å². The third-order valence-electron chi connectivity index (χ3n) is 5.09. The summed E-state index contributed by atoms with van der Waals surface area (Å²) in [5.74, 6) is -0.298. The second-order valence-electron chi connectivity index (χ2n) is 7.19. The molecule has 0 fully saturated rings. The molecule has 2 amide bonds. The quantitative estimate of drug-likeness (QED) is 0.370. The number of nitrogens with two attached hydrogens (primary N) is 1. The summed E-state index contributed by atoms with van der Waals surface area (Å²) in [6.07, 6.45) is 1.96. The van der Waals surface area contributed by atoms with Gasteiger partial charge in [0, 0.05) is 35.9 Å². The molecule has 0 bridgehead atoms. The largest absolute Gasteiger partial charge is 0.494 e. The lowest BCUT2D eigenvalue weighted by atomic mass is 10.2. The number of hydrogen-bond acceptors (Lipinski definition) is 4. The van der Waals surface area contributed by atoms with Gasteiger partial charge in [0.15, 0.2) is 11.6 Å². The van der Waals surface area contributed by atoms with Crippen molar-refractivity contribution in [3.05, 3.63) is 78.2 Å². The van der Waals surface area contributed by atoms with Crippen LogP contribution in [-0.2, 0) is 6.54 Å². The Morgan fingerprint density at radius 3 is 2.47 bits per heavy atom. The molecule has 0 saturated heterocycles. The number of aromatic nitrogens is 1. The van der Waals surface area contributed by atoms with Gasteiger partial charge in [-0.1, -0.05) is 18.2 Å². The minimum absolute atomic E-state index is 0.0269. The van der Waals surface area contributed by atoms with Gasteiger partial charge in [-0.15, -0.1) is 0 Å². The lowest BCUT2D eigenvalue weighted by Crippen LogP contribution is -2.20. The molecule has 0 atom stereocenters. The maximum absolute atomic E-state index is 14.1. The number of methoxy groups -OCH3 is 2. The standard InChI is InChI=1S/C24H23FN4O3/c1-31-22-13-23(32-2)20(12-18(22)25)28-24(30)27-19-7-4-8-21-17(19)9-10-29(21)14-15-5-3-6-16(26)11-15/h3-13H,14,26H2,1-2H3,(H2,27,28,30). The maximum Gasteiger partial charge on any atom is 0.323 e. The first-order valence-corrected chi connectivity index (χ1v) is 9.90. The van der Waals surface area contributed by atoms with Gasteiger partial charge in [-0.05, 0) is 35.9 Å². The van der Waals surface area contributed by atoms with Crippen molar-refractivity contribution in [1.82, 2.24) is 4.57 Å². The fourth-order valence-electron chi connectivity index (χ4n) is 3.59. The highest BCUT2D eigenvalue weighted by molar-refractivity contribution is 6.06. The zero-order valence-corrected chi connectivity index (χ0v) is 17.7. The second kappa shape index (κ2) is 8.89. The van der Waals surface area contributed by atoms with Crippen LogP contribution in [0.3, 0.4) is 0 Å². The van der Waals surface area contributed by atoms with Crippen molar-refractivity contribution in [2.75, 3.05) is 30.6 Å². The molecule has 3 aromatic carbocycles. The Hall–Kier alpha value is -4.20. The number of nitrogens with one attached hydrogen (secondary N) is 2. The molecule has 0 spiro atoms. The summed E-state index contributed by atoms with van der Waals surface area (Å²) in [6, 6.07) is 17.3. The van der Waals surface area contributed by atoms with E-state index in [0.29, 0.717) is 17.9 Å². The molecule has 164 valence electrons. The van der Waals surface area contributed by atoms with Crippen LogP contribution >= 0.6 is 0 Å². The fourth-order valence-corrected chi connectivity index (χ4v) is 3.59. The molecule has 0 radical (unpaired) electrons. The average Bonchev–Trinajstić information content (AvgIpc) is 3.18. The number of halogens is 1. The number of carbonyl (C=O) groups is 1. The van der Waals surface area contributed by atoms with Gasteiger partial charge in [0.1, 0.15) is 5.75 Å². The van der Waals surface area contributed by atoms with Crippen LogP contribution in [0, 0.1) is 5.82 Å². The summed E-state index contributed by atoms with van der Waals surface area (Å²) in [5, 5.41) is 6.33. The molecule has 0 aliphatic rings. The molecule has 8 heteroatoms. The molecule has 4 aromatic rings. The summed E-state index contributed by atoms with van der Waals surface area (Å²) in [7, 11) is 2.79. The van der Waals surface area contributed by atoms with Crippen LogP contribution in [0.25, 0.3) is 10.9 Å². The van der Waals surface area contributed by atoms with E-state index in [1.165, 1.54) is 20.3 Å². The van der Waals surface area contributed by atoms with Crippen molar-refractivity contribution in [1.29, 1.82) is 0 Å². The SMILES string of the molecule is COc1cc(OC)c(NC(=O)Nc2cccc3c2ccn3Cc2cccc(N)c2)cc1F. The molecule has 0 aliphatic heterocycles. The molecule has 32 heavy (non-hydrogen) atoms. The number of rotatable bonds is 6. The summed E-state index contributed by atoms with van der Waals surface area (Å²) >= 11 is 0. The van der Waals surface area contributed by atoms with Gasteiger partial charge in [0.25, 0.3) is 0 Å². The lowest BCUT2D eigenvalue weighted by molar-refractivity contribution is 0.262. The van der Waals surface area contributed by atoms with E-state index in [0.717, 1.165) is 22.5 Å². The first-order chi connectivity index (χ1) is 15.5. The molecule has 0 saturated carbocycles. The lowest BCUT2D eigenvalue weighted by Gasteiger charge is -2.14. The second-order valence-corrected chi connectivity index (χ2v) is 7.19. The topological polar surface area (TPSA) is 90.5 Å². The van der Waals surface area contributed by atoms with E-state index in [4.69, 9.17) is 15.2 Å². The fraction of sp³-hybridized carbons (Fsp3) is 0.125. The highest BCUT2D eigenvalue weighted by Gasteiger charge is 2.15. The van der Waals surface area contributed by atoms with Crippen molar-refractivity contribution in [3.8, 4) is 11.5 Å². The Morgan fingerprint density at radius 1 is 0.969 bits per heavy atom. The molecular weight excluding hydrogens is 411 g/mol. The van der Waals surface area contributed by atoms with Crippen LogP contribution < -0.4 is 25.8 Å². The number of hydrogen-bond donors (Lipinski definition) is 3. The van der Waals surface area contributed by atoms with Crippen LogP contribution in [0.5, 0.6) is 11.5 Å². The molecule has 4 N–H and O–H groups in total. The third kappa shape index (κ3) is 4.29. The number of benzene rings is 3. The van der Waals surface area contributed by atoms with Crippen LogP contribution in [-0.4, -0.2) is 24.8 Å². The summed E-state index contributed by atoms with van der Waals surface area (Å²) in [4.78, 5) is 12.6. The number of carbonyl (C=O) groups excluding carboxylic acids is 1. The maximum atomic E-state index is 14.1. The van der Waals surface area contributed by atoms with E-state index in [1.54, 1.807) is 6.07 Å². The number of amides is 2. The molecule has 7 nitrogen and oxygen atoms in total. The van der Waals surface area contributed by atoms with Gasteiger partial charge in [-0.2, -0.15) is 0 Å². The number of urea groups is 1. The zero-order valence-electron chi connectivity index (χ0n) is 17.7. The van der Waals surface area contributed by atoms with Gasteiger partial charge in [0.05, 0.1) is 31.1 Å². The number of ether oxygens (including phenoxy) is 2. The Labute approximate surface area is 184 Å². The van der Waals surface area contributed by atoms with Crippen LogP contribution in [0.4, 0.5) is 26.2 Å². The van der Waals surface area contributed by atoms with Crippen LogP contribution in [0.1, 0.15) is 5.56 Å². The van der Waals surface area contributed by atoms with Crippen molar-refractivity contribution in [2.45, 2.75) is 6.54 Å². The Balaban J connectivity index is 1.55. The summed E-state index contributed by atoms with van der Waals surface area (Å²) in [5.41, 5.74) is 9.44. The number of anilines is 3. The molecule has 0 aliphatic carbocycles. The van der Waals surface area contributed by atoms with E-state index >= 15 is 0 Å². The van der Waals surface area contributed by atoms with Crippen molar-refractivity contribution >= 4 is 34.0 Å². The molecular formula is C24H23FN4O3. The first kappa shape index (κ1) is 21.0. The predicted octanol–water partition coefficient (Wildman–Crippen LogP) is 5.07. The summed E-state index contributed by atoms with van der Waals surface area (Å²) < 4.78 is 26.4. The minimum atomic E-state index is -0.607. The monoisotopic (exact) mass is 434 g/mol. The Bertz CT molecular complexity index is 1290. The van der Waals surface area contributed by atoms with E-state index in [-0.39, 0.29) is 17.2 Å². The first-order valence-electron chi connectivity index (χ1n) is 9.90. The smallest absolute Gasteiger partial charge is 0.323 e. The van der Waals surface area contributed by atoms with Gasteiger partial charge >= 0.3 is 6.03 Å². The zero-order chi connectivity index (χ0) is 22.7. The van der Waals surface area contributed by atoms with Gasteiger partial charge < -0.3 is 30.4 Å². The minimum Gasteiger partial charge on any atom is -0.494 e. The Morgan fingerprint density at radius 2 is 1.72 bits per heavy atom. The molecule has 4 rings (SSSR count). The number of fused-ring (bicyclic) bond motifs is 1. The van der Waals surface area contributed by atoms with Crippen LogP contribution in [0.15, 0.2) is 66.9 Å². The molecule has 0 unspecified atom stereocenters. The van der Waals surface area contributed by atoms with E-state index < -0.39 is 11.8 Å². The number of nitrogen functional groups attached to an aromatic ring is 1. The third-order valence-corrected chi connectivity index (χ3v) is 5.09. The average molecular weight is 434 g/mol. The van der Waals surface area contributed by atoms with E-state index in [9.17, 15) is 9.18 Å². The number of nitrogens with zero attached hydrogens (tertiary/aromatic N) is 1. The van der Waals surface area contributed by atoms with Crippen molar-refractivity contribution < 1.29 is 18.7 Å².